The van der Waals surface area contributed by atoms with E-state index in [1.165, 1.54) is 7.11 Å². The second-order valence-electron chi connectivity index (χ2n) is 13.0. The molecule has 2 aliphatic heterocycles. The van der Waals surface area contributed by atoms with E-state index in [4.69, 9.17) is 42.7 Å². The number of carbonyl (C=O) groups is 3. The van der Waals surface area contributed by atoms with Crippen LogP contribution in [0, 0.1) is 11.3 Å². The van der Waals surface area contributed by atoms with E-state index in [1.54, 1.807) is 48.5 Å². The van der Waals surface area contributed by atoms with Crippen molar-refractivity contribution in [1.82, 2.24) is 10.6 Å². The average molecular weight is 798 g/mol. The van der Waals surface area contributed by atoms with Gasteiger partial charge in [0.15, 0.2) is 0 Å². The van der Waals surface area contributed by atoms with Crippen LogP contribution in [0.5, 0.6) is 11.5 Å². The lowest BCUT2D eigenvalue weighted by Crippen LogP contribution is -2.53. The van der Waals surface area contributed by atoms with Gasteiger partial charge in [0.2, 0.25) is 12.0 Å². The van der Waals surface area contributed by atoms with Crippen molar-refractivity contribution in [2.24, 2.45) is 0 Å². The molecule has 0 saturated heterocycles. The molecule has 0 bridgehead atoms. The molecular weight excluding hydrogens is 763 g/mol. The second-order valence-corrected chi connectivity index (χ2v) is 13.8. The van der Waals surface area contributed by atoms with Gasteiger partial charge in [0.05, 0.1) is 40.5 Å². The summed E-state index contributed by atoms with van der Waals surface area (Å²) < 4.78 is 17.1. The number of benzene rings is 5. The van der Waals surface area contributed by atoms with Crippen LogP contribution in [0.3, 0.4) is 0 Å². The molecule has 0 spiro atoms. The first-order valence-electron chi connectivity index (χ1n) is 17.2. The van der Waals surface area contributed by atoms with Gasteiger partial charge in [-0.1, -0.05) is 77.8 Å². The smallest absolute Gasteiger partial charge is 0.328 e. The molecule has 7 rings (SSSR count). The lowest BCUT2D eigenvalue weighted by Gasteiger charge is -2.31. The van der Waals surface area contributed by atoms with E-state index in [9.17, 15) is 14.4 Å². The number of amides is 2. The fourth-order valence-corrected chi connectivity index (χ4v) is 6.80. The van der Waals surface area contributed by atoms with Crippen LogP contribution in [0.4, 0.5) is 5.69 Å². The Balaban J connectivity index is 0.00000514. The molecule has 0 saturated carbocycles. The standard InChI is InChI=1S/C42H34Cl2N4O6.ClH/c1-52-42(51)37(17-24-2-7-27(8-3-24)28-9-4-25(21-45)5-10-28)48-40(49)36-19-30-18-35-38(20-31(30)22-46-36)54-39(41(50)47-35)29-11-13-32(14-12-29)53-23-26-6-15-33(43)34(44)16-26;/h2-16,18,20,36-37,39,46H,17,19,22-23H2,1H3,(H,47,50)(H,48,49);1H/t36?,37-,39-;/m0./s1. The number of ether oxygens (including phenoxy) is 3. The summed E-state index contributed by atoms with van der Waals surface area (Å²) in [5.41, 5.74) is 7.22. The molecule has 5 aromatic rings. The molecule has 13 heteroatoms. The fraction of sp³-hybridized carbons (Fsp3) is 0.190. The van der Waals surface area contributed by atoms with Crippen molar-refractivity contribution in [2.75, 3.05) is 12.4 Å². The van der Waals surface area contributed by atoms with E-state index < -0.39 is 24.2 Å². The van der Waals surface area contributed by atoms with Crippen molar-refractivity contribution in [2.45, 2.75) is 44.2 Å². The molecule has 3 atom stereocenters. The van der Waals surface area contributed by atoms with Crippen LogP contribution in [0.2, 0.25) is 10.0 Å². The zero-order chi connectivity index (χ0) is 37.8. The SMILES string of the molecule is COC(=O)[C@H](Cc1ccc(-c2ccc(C#N)cc2)cc1)NC(=O)C1Cc2cc3c(cc2CN1)O[C@@H](c1ccc(OCc2ccc(Cl)c(Cl)c2)cc1)C(=O)N3.Cl. The molecule has 1 unspecified atom stereocenters. The predicted octanol–water partition coefficient (Wildman–Crippen LogP) is 7.52. The Morgan fingerprint density at radius 1 is 0.909 bits per heavy atom. The maximum absolute atomic E-state index is 13.5. The number of nitrogens with one attached hydrogen (secondary N) is 3. The van der Waals surface area contributed by atoms with Crippen LogP contribution in [-0.2, 0) is 45.1 Å². The maximum atomic E-state index is 13.5. The minimum absolute atomic E-state index is 0. The zero-order valence-electron chi connectivity index (χ0n) is 29.4. The summed E-state index contributed by atoms with van der Waals surface area (Å²) >= 11 is 12.1. The Morgan fingerprint density at radius 2 is 1.60 bits per heavy atom. The van der Waals surface area contributed by atoms with Gasteiger partial charge in [0, 0.05) is 18.5 Å². The Morgan fingerprint density at radius 3 is 2.27 bits per heavy atom. The van der Waals surface area contributed by atoms with Crippen molar-refractivity contribution >= 4 is 59.1 Å². The molecule has 2 amide bonds. The third-order valence-corrected chi connectivity index (χ3v) is 10.2. The molecule has 10 nitrogen and oxygen atoms in total. The van der Waals surface area contributed by atoms with E-state index in [2.05, 4.69) is 22.0 Å². The molecule has 0 radical (unpaired) electrons. The van der Waals surface area contributed by atoms with Crippen LogP contribution >= 0.6 is 35.6 Å². The highest BCUT2D eigenvalue weighted by molar-refractivity contribution is 6.42. The minimum Gasteiger partial charge on any atom is -0.489 e. The Labute approximate surface area is 334 Å². The number of rotatable bonds is 10. The average Bonchev–Trinajstić information content (AvgIpc) is 3.20. The second kappa shape index (κ2) is 17.3. The van der Waals surface area contributed by atoms with Gasteiger partial charge in [0.25, 0.3) is 5.91 Å². The summed E-state index contributed by atoms with van der Waals surface area (Å²) in [6, 6.07) is 31.7. The van der Waals surface area contributed by atoms with Crippen molar-refractivity contribution in [3.05, 3.63) is 147 Å². The van der Waals surface area contributed by atoms with Crippen molar-refractivity contribution in [1.29, 1.82) is 5.26 Å². The zero-order valence-corrected chi connectivity index (χ0v) is 31.8. The van der Waals surface area contributed by atoms with Gasteiger partial charge in [-0.05, 0) is 88.3 Å². The molecular formula is C42H35Cl3N4O6. The molecule has 2 aliphatic rings. The quantitative estimate of drug-likeness (QED) is 0.124. The highest BCUT2D eigenvalue weighted by atomic mass is 35.5. The summed E-state index contributed by atoms with van der Waals surface area (Å²) in [7, 11) is 1.29. The first-order chi connectivity index (χ1) is 26.2. The molecule has 0 aliphatic carbocycles. The molecule has 0 fully saturated rings. The molecule has 55 heavy (non-hydrogen) atoms. The van der Waals surface area contributed by atoms with Gasteiger partial charge < -0.3 is 30.2 Å². The number of hydrogen-bond donors (Lipinski definition) is 3. The summed E-state index contributed by atoms with van der Waals surface area (Å²) in [5, 5.41) is 19.1. The van der Waals surface area contributed by atoms with E-state index >= 15 is 0 Å². The van der Waals surface area contributed by atoms with Crippen LogP contribution in [0.25, 0.3) is 11.1 Å². The van der Waals surface area contributed by atoms with E-state index in [0.29, 0.717) is 57.9 Å². The van der Waals surface area contributed by atoms with Crippen LogP contribution < -0.4 is 25.4 Å². The number of halogens is 3. The number of anilines is 1. The highest BCUT2D eigenvalue weighted by Crippen LogP contribution is 2.38. The summed E-state index contributed by atoms with van der Waals surface area (Å²) in [6.07, 6.45) is -0.288. The number of esters is 1. The largest absolute Gasteiger partial charge is 0.489 e. The Hall–Kier alpha value is -5.57. The minimum atomic E-state index is -0.900. The maximum Gasteiger partial charge on any atom is 0.328 e. The van der Waals surface area contributed by atoms with Gasteiger partial charge in [-0.3, -0.25) is 9.59 Å². The molecule has 0 aromatic heterocycles. The number of nitrogens with zero attached hydrogens (tertiary/aromatic N) is 1. The first kappa shape index (κ1) is 39.1. The molecule has 280 valence electrons. The Kier molecular flexibility index (Phi) is 12.3. The van der Waals surface area contributed by atoms with Crippen LogP contribution in [0.1, 0.15) is 39.5 Å². The highest BCUT2D eigenvalue weighted by Gasteiger charge is 2.33. The monoisotopic (exact) mass is 796 g/mol. The third kappa shape index (κ3) is 9.05. The molecule has 2 heterocycles. The number of nitriles is 1. The van der Waals surface area contributed by atoms with Gasteiger partial charge in [-0.25, -0.2) is 4.79 Å². The van der Waals surface area contributed by atoms with Gasteiger partial charge in [-0.15, -0.1) is 12.4 Å². The van der Waals surface area contributed by atoms with Gasteiger partial charge in [-0.2, -0.15) is 5.26 Å². The van der Waals surface area contributed by atoms with E-state index in [1.807, 2.05) is 54.6 Å². The number of fused-ring (bicyclic) bond motifs is 2. The first-order valence-corrected chi connectivity index (χ1v) is 17.9. The topological polar surface area (TPSA) is 139 Å². The lowest BCUT2D eigenvalue weighted by atomic mass is 9.93. The molecule has 5 aromatic carbocycles. The summed E-state index contributed by atoms with van der Waals surface area (Å²) in [4.78, 5) is 39.5. The number of carbonyl (C=O) groups excluding carboxylic acids is 3. The predicted molar refractivity (Wildman–Crippen MR) is 212 cm³/mol. The van der Waals surface area contributed by atoms with Crippen molar-refractivity contribution < 1.29 is 28.6 Å². The fourth-order valence-electron chi connectivity index (χ4n) is 6.47. The van der Waals surface area contributed by atoms with Gasteiger partial charge >= 0.3 is 5.97 Å². The number of hydrogen-bond acceptors (Lipinski definition) is 8. The molecule has 3 N–H and O–H groups in total. The summed E-state index contributed by atoms with van der Waals surface area (Å²) in [5.74, 6) is -0.0646. The van der Waals surface area contributed by atoms with Crippen LogP contribution in [0.15, 0.2) is 103 Å². The van der Waals surface area contributed by atoms with Crippen molar-refractivity contribution in [3.63, 3.8) is 0 Å². The normalized spacial score (nSPS) is 16.1. The lowest BCUT2D eigenvalue weighted by molar-refractivity contribution is -0.145. The third-order valence-electron chi connectivity index (χ3n) is 9.44. The van der Waals surface area contributed by atoms with Crippen molar-refractivity contribution in [3.8, 4) is 28.7 Å². The summed E-state index contributed by atoms with van der Waals surface area (Å²) in [6.45, 7) is 0.683. The van der Waals surface area contributed by atoms with E-state index in [-0.39, 0.29) is 30.6 Å². The van der Waals surface area contributed by atoms with Crippen LogP contribution in [-0.4, -0.2) is 37.0 Å². The van der Waals surface area contributed by atoms with Gasteiger partial charge in [0.1, 0.15) is 24.1 Å². The Bertz CT molecular complexity index is 2260. The van der Waals surface area contributed by atoms with E-state index in [0.717, 1.165) is 33.4 Å². The number of methoxy groups -OCH3 is 1.